The first-order chi connectivity index (χ1) is 7.96. The normalized spacial score (nSPS) is 14.1. The van der Waals surface area contributed by atoms with Crippen LogP contribution in [-0.4, -0.2) is 18.4 Å². The van der Waals surface area contributed by atoms with Gasteiger partial charge in [-0.25, -0.2) is 0 Å². The molecule has 1 aliphatic heterocycles. The van der Waals surface area contributed by atoms with Crippen molar-refractivity contribution in [2.45, 2.75) is 27.3 Å². The molecule has 2 N–H and O–H groups in total. The molecule has 1 aliphatic rings. The fourth-order valence-electron chi connectivity index (χ4n) is 1.69. The van der Waals surface area contributed by atoms with Crippen LogP contribution in [0.15, 0.2) is 12.1 Å². The van der Waals surface area contributed by atoms with Crippen LogP contribution < -0.4 is 14.8 Å². The molecule has 1 aromatic rings. The lowest BCUT2D eigenvalue weighted by Crippen LogP contribution is -2.26. The van der Waals surface area contributed by atoms with E-state index in [2.05, 4.69) is 26.1 Å². The van der Waals surface area contributed by atoms with E-state index in [0.717, 1.165) is 12.1 Å². The Morgan fingerprint density at radius 3 is 2.53 bits per heavy atom. The number of hydrogen-bond acceptors (Lipinski definition) is 4. The molecule has 0 aliphatic carbocycles. The lowest BCUT2D eigenvalue weighted by atomic mass is 9.97. The van der Waals surface area contributed by atoms with E-state index in [0.29, 0.717) is 18.0 Å². The Kier molecular flexibility index (Phi) is 3.15. The Balaban J connectivity index is 2.02. The standard InChI is InChI=1S/C13H19NO3/c1-13(2,3)7-14-6-9-4-11-12(5-10(9)15)17-8-16-11/h4-5,14-15H,6-8H2,1-3H3. The van der Waals surface area contributed by atoms with Crippen LogP contribution in [0.5, 0.6) is 17.2 Å². The maximum atomic E-state index is 9.83. The van der Waals surface area contributed by atoms with Gasteiger partial charge < -0.3 is 19.9 Å². The first kappa shape index (κ1) is 12.0. The molecule has 0 spiro atoms. The Morgan fingerprint density at radius 2 is 1.88 bits per heavy atom. The molecule has 2 rings (SSSR count). The number of phenols is 1. The summed E-state index contributed by atoms with van der Waals surface area (Å²) in [7, 11) is 0. The summed E-state index contributed by atoms with van der Waals surface area (Å²) >= 11 is 0. The monoisotopic (exact) mass is 237 g/mol. The summed E-state index contributed by atoms with van der Waals surface area (Å²) in [6.45, 7) is 8.24. The van der Waals surface area contributed by atoms with Gasteiger partial charge in [-0.3, -0.25) is 0 Å². The lowest BCUT2D eigenvalue weighted by Gasteiger charge is -2.19. The fraction of sp³-hybridized carbons (Fsp3) is 0.538. The average Bonchev–Trinajstić information content (AvgIpc) is 2.63. The molecule has 4 heteroatoms. The van der Waals surface area contributed by atoms with E-state index in [1.54, 1.807) is 6.07 Å². The van der Waals surface area contributed by atoms with Crippen LogP contribution in [0.4, 0.5) is 0 Å². The zero-order valence-corrected chi connectivity index (χ0v) is 10.5. The Hall–Kier alpha value is -1.42. The summed E-state index contributed by atoms with van der Waals surface area (Å²) in [5.41, 5.74) is 1.06. The second kappa shape index (κ2) is 4.45. The highest BCUT2D eigenvalue weighted by molar-refractivity contribution is 5.51. The molecule has 17 heavy (non-hydrogen) atoms. The van der Waals surface area contributed by atoms with E-state index in [9.17, 15) is 5.11 Å². The number of rotatable bonds is 3. The Labute approximate surface area is 102 Å². The van der Waals surface area contributed by atoms with Crippen molar-refractivity contribution in [3.8, 4) is 17.2 Å². The summed E-state index contributed by atoms with van der Waals surface area (Å²) in [5, 5.41) is 13.1. The second-order valence-electron chi connectivity index (χ2n) is 5.50. The SMILES string of the molecule is CC(C)(C)CNCc1cc2c(cc1O)OCO2. The van der Waals surface area contributed by atoms with Gasteiger partial charge >= 0.3 is 0 Å². The van der Waals surface area contributed by atoms with Gasteiger partial charge in [-0.05, 0) is 11.5 Å². The van der Waals surface area contributed by atoms with E-state index in [1.165, 1.54) is 0 Å². The summed E-state index contributed by atoms with van der Waals surface area (Å²) in [4.78, 5) is 0. The third-order valence-electron chi connectivity index (χ3n) is 2.54. The molecule has 0 amide bonds. The minimum atomic E-state index is 0.228. The molecule has 0 fully saturated rings. The smallest absolute Gasteiger partial charge is 0.231 e. The van der Waals surface area contributed by atoms with Crippen molar-refractivity contribution in [1.29, 1.82) is 0 Å². The second-order valence-corrected chi connectivity index (χ2v) is 5.50. The van der Waals surface area contributed by atoms with Crippen molar-refractivity contribution in [1.82, 2.24) is 5.32 Å². The minimum Gasteiger partial charge on any atom is -0.507 e. The van der Waals surface area contributed by atoms with Gasteiger partial charge in [0.05, 0.1) is 0 Å². The summed E-state index contributed by atoms with van der Waals surface area (Å²) < 4.78 is 10.5. The van der Waals surface area contributed by atoms with E-state index in [4.69, 9.17) is 9.47 Å². The number of ether oxygens (including phenoxy) is 2. The van der Waals surface area contributed by atoms with Gasteiger partial charge in [0.25, 0.3) is 0 Å². The van der Waals surface area contributed by atoms with E-state index in [1.807, 2.05) is 6.07 Å². The zero-order chi connectivity index (χ0) is 12.5. The molecule has 0 saturated carbocycles. The Bertz CT molecular complexity index is 410. The molecule has 0 bridgehead atoms. The zero-order valence-electron chi connectivity index (χ0n) is 10.5. The third kappa shape index (κ3) is 3.03. The first-order valence-electron chi connectivity index (χ1n) is 5.78. The van der Waals surface area contributed by atoms with E-state index in [-0.39, 0.29) is 18.0 Å². The van der Waals surface area contributed by atoms with Gasteiger partial charge in [-0.15, -0.1) is 0 Å². The van der Waals surface area contributed by atoms with E-state index < -0.39 is 0 Å². The molecule has 0 saturated heterocycles. The molecule has 1 aromatic carbocycles. The van der Waals surface area contributed by atoms with Gasteiger partial charge in [0.1, 0.15) is 5.75 Å². The molecule has 0 atom stereocenters. The highest BCUT2D eigenvalue weighted by Crippen LogP contribution is 2.37. The highest BCUT2D eigenvalue weighted by Gasteiger charge is 2.17. The molecule has 94 valence electrons. The first-order valence-corrected chi connectivity index (χ1v) is 5.78. The largest absolute Gasteiger partial charge is 0.507 e. The molecule has 0 radical (unpaired) electrons. The summed E-state index contributed by atoms with van der Waals surface area (Å²) in [6.07, 6.45) is 0. The molecule has 0 unspecified atom stereocenters. The van der Waals surface area contributed by atoms with Crippen molar-refractivity contribution < 1.29 is 14.6 Å². The topological polar surface area (TPSA) is 50.7 Å². The van der Waals surface area contributed by atoms with Gasteiger partial charge in [-0.1, -0.05) is 20.8 Å². The predicted molar refractivity (Wildman–Crippen MR) is 65.4 cm³/mol. The maximum Gasteiger partial charge on any atom is 0.231 e. The molecular weight excluding hydrogens is 218 g/mol. The van der Waals surface area contributed by atoms with Crippen LogP contribution in [0.25, 0.3) is 0 Å². The van der Waals surface area contributed by atoms with Crippen molar-refractivity contribution in [3.63, 3.8) is 0 Å². The van der Waals surface area contributed by atoms with Crippen LogP contribution in [0.3, 0.4) is 0 Å². The van der Waals surface area contributed by atoms with Gasteiger partial charge in [0.15, 0.2) is 11.5 Å². The van der Waals surface area contributed by atoms with Crippen molar-refractivity contribution in [2.75, 3.05) is 13.3 Å². The quantitative estimate of drug-likeness (QED) is 0.846. The number of nitrogens with one attached hydrogen (secondary N) is 1. The Morgan fingerprint density at radius 1 is 1.24 bits per heavy atom. The molecule has 4 nitrogen and oxygen atoms in total. The number of benzene rings is 1. The number of fused-ring (bicyclic) bond motifs is 1. The minimum absolute atomic E-state index is 0.228. The van der Waals surface area contributed by atoms with Crippen LogP contribution in [0.1, 0.15) is 26.3 Å². The van der Waals surface area contributed by atoms with Crippen LogP contribution in [-0.2, 0) is 6.54 Å². The molecular formula is C13H19NO3. The number of hydrogen-bond donors (Lipinski definition) is 2. The van der Waals surface area contributed by atoms with Crippen molar-refractivity contribution in [3.05, 3.63) is 17.7 Å². The third-order valence-corrected chi connectivity index (χ3v) is 2.54. The van der Waals surface area contributed by atoms with Crippen LogP contribution >= 0.6 is 0 Å². The van der Waals surface area contributed by atoms with E-state index >= 15 is 0 Å². The van der Waals surface area contributed by atoms with Crippen molar-refractivity contribution in [2.24, 2.45) is 5.41 Å². The van der Waals surface area contributed by atoms with Crippen LogP contribution in [0.2, 0.25) is 0 Å². The predicted octanol–water partition coefficient (Wildman–Crippen LogP) is 2.26. The van der Waals surface area contributed by atoms with Crippen LogP contribution in [0, 0.1) is 5.41 Å². The van der Waals surface area contributed by atoms with Gasteiger partial charge in [-0.2, -0.15) is 0 Å². The van der Waals surface area contributed by atoms with Crippen molar-refractivity contribution >= 4 is 0 Å². The van der Waals surface area contributed by atoms with Gasteiger partial charge in [0, 0.05) is 24.7 Å². The van der Waals surface area contributed by atoms with Gasteiger partial charge in [0.2, 0.25) is 6.79 Å². The summed E-state index contributed by atoms with van der Waals surface area (Å²) in [5.74, 6) is 1.56. The maximum absolute atomic E-state index is 9.83. The summed E-state index contributed by atoms with van der Waals surface area (Å²) in [6, 6.07) is 3.43. The highest BCUT2D eigenvalue weighted by atomic mass is 16.7. The molecule has 0 aromatic heterocycles. The number of aromatic hydroxyl groups is 1. The fourth-order valence-corrected chi connectivity index (χ4v) is 1.69. The number of phenolic OH excluding ortho intramolecular Hbond substituents is 1. The lowest BCUT2D eigenvalue weighted by molar-refractivity contribution is 0.174. The molecule has 1 heterocycles. The average molecular weight is 237 g/mol.